The van der Waals surface area contributed by atoms with Crippen LogP contribution in [0.25, 0.3) is 0 Å². The lowest BCUT2D eigenvalue weighted by Gasteiger charge is -2.00. The van der Waals surface area contributed by atoms with Gasteiger partial charge in [-0.15, -0.1) is 0 Å². The maximum atomic E-state index is 12.7. The van der Waals surface area contributed by atoms with Gasteiger partial charge >= 0.3 is 0 Å². The molecule has 1 aromatic carbocycles. The van der Waals surface area contributed by atoms with Gasteiger partial charge in [0.1, 0.15) is 11.6 Å². The number of nitrogen functional groups attached to an aromatic ring is 1. The first kappa shape index (κ1) is 6.86. The molecule has 0 spiro atoms. The van der Waals surface area contributed by atoms with Gasteiger partial charge < -0.3 is 10.8 Å². The van der Waals surface area contributed by atoms with E-state index in [0.29, 0.717) is 5.56 Å². The molecule has 0 saturated heterocycles. The Bertz CT molecular complexity index is 237. The Kier molecular flexibility index (Phi) is 1.49. The molecule has 0 amide bonds. The molecule has 0 aromatic heterocycles. The number of aromatic hydroxyl groups is 1. The zero-order valence-corrected chi connectivity index (χ0v) is 5.56. The van der Waals surface area contributed by atoms with Crippen LogP contribution in [0.3, 0.4) is 0 Å². The van der Waals surface area contributed by atoms with Gasteiger partial charge in [-0.2, -0.15) is 0 Å². The Hall–Kier alpha value is -1.25. The maximum absolute atomic E-state index is 12.7. The van der Waals surface area contributed by atoms with Crippen LogP contribution in [0.4, 0.5) is 10.1 Å². The van der Waals surface area contributed by atoms with Gasteiger partial charge in [0, 0.05) is 6.07 Å². The summed E-state index contributed by atoms with van der Waals surface area (Å²) in [4.78, 5) is 0. The van der Waals surface area contributed by atoms with Crippen molar-refractivity contribution in [2.45, 2.75) is 6.92 Å². The van der Waals surface area contributed by atoms with Gasteiger partial charge in [0.2, 0.25) is 0 Å². The molecule has 0 fully saturated rings. The molecule has 3 heteroatoms. The van der Waals surface area contributed by atoms with Crippen LogP contribution in [-0.2, 0) is 0 Å². The molecule has 1 aromatic rings. The number of benzene rings is 1. The van der Waals surface area contributed by atoms with Crippen LogP contribution in [0.1, 0.15) is 5.56 Å². The predicted octanol–water partition coefficient (Wildman–Crippen LogP) is 1.42. The fraction of sp³-hybridized carbons (Fsp3) is 0.143. The minimum atomic E-state index is -0.460. The summed E-state index contributed by atoms with van der Waals surface area (Å²) in [6.07, 6.45) is 0. The van der Waals surface area contributed by atoms with Crippen LogP contribution in [0.5, 0.6) is 5.75 Å². The van der Waals surface area contributed by atoms with Gasteiger partial charge in [-0.25, -0.2) is 4.39 Å². The average Bonchev–Trinajstić information content (AvgIpc) is 1.82. The van der Waals surface area contributed by atoms with Crippen LogP contribution in [0.2, 0.25) is 0 Å². The van der Waals surface area contributed by atoms with Crippen molar-refractivity contribution in [1.29, 1.82) is 0 Å². The summed E-state index contributed by atoms with van der Waals surface area (Å²) in [6.45, 7) is 1.55. The summed E-state index contributed by atoms with van der Waals surface area (Å²) in [7, 11) is 0. The zero-order chi connectivity index (χ0) is 7.72. The first-order chi connectivity index (χ1) is 4.61. The van der Waals surface area contributed by atoms with Crippen molar-refractivity contribution in [3.05, 3.63) is 23.5 Å². The number of anilines is 1. The SMILES string of the molecule is Cc1cc(O)cc(N)c1F. The van der Waals surface area contributed by atoms with Gasteiger partial charge in [0.25, 0.3) is 0 Å². The number of phenols is 1. The van der Waals surface area contributed by atoms with Gasteiger partial charge in [-0.3, -0.25) is 0 Å². The number of rotatable bonds is 0. The monoisotopic (exact) mass is 141 g/mol. The van der Waals surface area contributed by atoms with E-state index in [0.717, 1.165) is 0 Å². The minimum Gasteiger partial charge on any atom is -0.508 e. The van der Waals surface area contributed by atoms with E-state index in [1.165, 1.54) is 12.1 Å². The molecule has 54 valence electrons. The smallest absolute Gasteiger partial charge is 0.149 e. The highest BCUT2D eigenvalue weighted by Gasteiger charge is 2.02. The second kappa shape index (κ2) is 2.17. The Morgan fingerprint density at radius 1 is 1.50 bits per heavy atom. The van der Waals surface area contributed by atoms with Crippen molar-refractivity contribution in [3.8, 4) is 5.75 Å². The van der Waals surface area contributed by atoms with E-state index in [9.17, 15) is 4.39 Å². The summed E-state index contributed by atoms with van der Waals surface area (Å²) in [6, 6.07) is 2.51. The van der Waals surface area contributed by atoms with E-state index in [1.807, 2.05) is 0 Å². The number of nitrogens with two attached hydrogens (primary N) is 1. The van der Waals surface area contributed by atoms with Gasteiger partial charge in [-0.05, 0) is 18.6 Å². The van der Waals surface area contributed by atoms with Crippen molar-refractivity contribution in [2.75, 3.05) is 5.73 Å². The summed E-state index contributed by atoms with van der Waals surface area (Å²) in [5.41, 5.74) is 5.53. The van der Waals surface area contributed by atoms with E-state index >= 15 is 0 Å². The van der Waals surface area contributed by atoms with E-state index in [2.05, 4.69) is 0 Å². The number of hydrogen-bond donors (Lipinski definition) is 2. The molecular weight excluding hydrogens is 133 g/mol. The second-order valence-electron chi connectivity index (χ2n) is 2.17. The fourth-order valence-corrected chi connectivity index (χ4v) is 0.777. The first-order valence-corrected chi connectivity index (χ1v) is 2.86. The quantitative estimate of drug-likeness (QED) is 0.537. The minimum absolute atomic E-state index is 0.00333. The van der Waals surface area contributed by atoms with E-state index in [4.69, 9.17) is 10.8 Å². The molecule has 0 atom stereocenters. The molecule has 0 radical (unpaired) electrons. The highest BCUT2D eigenvalue weighted by atomic mass is 19.1. The number of aryl methyl sites for hydroxylation is 1. The third-order valence-corrected chi connectivity index (χ3v) is 1.27. The number of halogens is 1. The maximum Gasteiger partial charge on any atom is 0.149 e. The standard InChI is InChI=1S/C7H8FNO/c1-4-2-5(10)3-6(9)7(4)8/h2-3,10H,9H2,1H3. The molecule has 3 N–H and O–H groups in total. The van der Waals surface area contributed by atoms with Crippen molar-refractivity contribution in [1.82, 2.24) is 0 Å². The molecule has 0 aliphatic carbocycles. The number of hydrogen-bond acceptors (Lipinski definition) is 2. The van der Waals surface area contributed by atoms with Crippen LogP contribution >= 0.6 is 0 Å². The molecule has 0 aliphatic heterocycles. The predicted molar refractivity (Wildman–Crippen MR) is 37.2 cm³/mol. The molecule has 2 nitrogen and oxygen atoms in total. The first-order valence-electron chi connectivity index (χ1n) is 2.86. The van der Waals surface area contributed by atoms with Crippen LogP contribution in [0, 0.1) is 12.7 Å². The van der Waals surface area contributed by atoms with Crippen LogP contribution in [-0.4, -0.2) is 5.11 Å². The highest BCUT2D eigenvalue weighted by Crippen LogP contribution is 2.20. The van der Waals surface area contributed by atoms with Crippen molar-refractivity contribution in [2.24, 2.45) is 0 Å². The lowest BCUT2D eigenvalue weighted by atomic mass is 10.2. The zero-order valence-electron chi connectivity index (χ0n) is 5.56. The average molecular weight is 141 g/mol. The lowest BCUT2D eigenvalue weighted by molar-refractivity contribution is 0.473. The lowest BCUT2D eigenvalue weighted by Crippen LogP contribution is -1.92. The normalized spacial score (nSPS) is 9.80. The van der Waals surface area contributed by atoms with Crippen molar-refractivity contribution >= 4 is 5.69 Å². The summed E-state index contributed by atoms with van der Waals surface area (Å²) in [5.74, 6) is -0.464. The summed E-state index contributed by atoms with van der Waals surface area (Å²) < 4.78 is 12.7. The molecule has 0 saturated carbocycles. The summed E-state index contributed by atoms with van der Waals surface area (Å²) >= 11 is 0. The number of phenolic OH excluding ortho intramolecular Hbond substituents is 1. The van der Waals surface area contributed by atoms with Crippen molar-refractivity contribution < 1.29 is 9.50 Å². The molecule has 10 heavy (non-hydrogen) atoms. The molecular formula is C7H8FNO. The molecule has 0 unspecified atom stereocenters. The van der Waals surface area contributed by atoms with Gasteiger partial charge in [0.15, 0.2) is 0 Å². The van der Waals surface area contributed by atoms with Crippen molar-refractivity contribution in [3.63, 3.8) is 0 Å². The van der Waals surface area contributed by atoms with E-state index in [1.54, 1.807) is 6.92 Å². The molecule has 0 heterocycles. The van der Waals surface area contributed by atoms with E-state index < -0.39 is 5.82 Å². The summed E-state index contributed by atoms with van der Waals surface area (Å²) in [5, 5.41) is 8.87. The third kappa shape index (κ3) is 1.03. The topological polar surface area (TPSA) is 46.2 Å². The fourth-order valence-electron chi connectivity index (χ4n) is 0.777. The Morgan fingerprint density at radius 2 is 2.10 bits per heavy atom. The largest absolute Gasteiger partial charge is 0.508 e. The Balaban J connectivity index is 3.31. The Morgan fingerprint density at radius 3 is 2.60 bits per heavy atom. The van der Waals surface area contributed by atoms with Gasteiger partial charge in [-0.1, -0.05) is 0 Å². The van der Waals surface area contributed by atoms with Crippen LogP contribution in [0.15, 0.2) is 12.1 Å². The molecule has 0 bridgehead atoms. The molecule has 1 rings (SSSR count). The van der Waals surface area contributed by atoms with E-state index in [-0.39, 0.29) is 11.4 Å². The highest BCUT2D eigenvalue weighted by molar-refractivity contribution is 5.48. The molecule has 0 aliphatic rings. The van der Waals surface area contributed by atoms with Gasteiger partial charge in [0.05, 0.1) is 5.69 Å². The Labute approximate surface area is 58.1 Å². The second-order valence-corrected chi connectivity index (χ2v) is 2.17. The van der Waals surface area contributed by atoms with Crippen LogP contribution < -0.4 is 5.73 Å². The third-order valence-electron chi connectivity index (χ3n) is 1.27.